The van der Waals surface area contributed by atoms with Gasteiger partial charge in [0.05, 0.1) is 19.8 Å². The van der Waals surface area contributed by atoms with Gasteiger partial charge in [0.2, 0.25) is 0 Å². The minimum atomic E-state index is -0.768. The lowest BCUT2D eigenvalue weighted by atomic mass is 9.91. The molecule has 0 aromatic heterocycles. The molecule has 5 nitrogen and oxygen atoms in total. The van der Waals surface area contributed by atoms with Gasteiger partial charge in [0, 0.05) is 6.54 Å². The fourth-order valence-electron chi connectivity index (χ4n) is 4.53. The number of hydrogen-bond donors (Lipinski definition) is 1. The molecule has 2 atom stereocenters. The molecule has 1 saturated heterocycles. The van der Waals surface area contributed by atoms with Crippen LogP contribution in [0.5, 0.6) is 11.5 Å². The molecular weight excluding hydrogens is 378 g/mol. The summed E-state index contributed by atoms with van der Waals surface area (Å²) >= 11 is 0. The van der Waals surface area contributed by atoms with Crippen molar-refractivity contribution in [1.82, 2.24) is 4.90 Å². The zero-order valence-electron chi connectivity index (χ0n) is 17.4. The van der Waals surface area contributed by atoms with E-state index in [2.05, 4.69) is 29.2 Å². The maximum Gasteiger partial charge on any atom is 0.320 e. The molecule has 0 bridgehead atoms. The Morgan fingerprint density at radius 1 is 1.13 bits per heavy atom. The summed E-state index contributed by atoms with van der Waals surface area (Å²) in [4.78, 5) is 14.1. The van der Waals surface area contributed by atoms with Crippen LogP contribution >= 0.6 is 0 Å². The van der Waals surface area contributed by atoms with E-state index in [4.69, 9.17) is 9.47 Å². The Bertz CT molecular complexity index is 1040. The molecule has 0 spiro atoms. The molecule has 1 fully saturated rings. The van der Waals surface area contributed by atoms with Crippen LogP contribution in [-0.4, -0.2) is 42.3 Å². The summed E-state index contributed by atoms with van der Waals surface area (Å²) in [6.07, 6.45) is 1.52. The number of methoxy groups -OCH3 is 1. The second kappa shape index (κ2) is 8.76. The molecule has 0 amide bonds. The van der Waals surface area contributed by atoms with Crippen LogP contribution in [0.3, 0.4) is 0 Å². The molecule has 0 saturated carbocycles. The number of benzene rings is 3. The third-order valence-electron chi connectivity index (χ3n) is 5.83. The fraction of sp³-hybridized carbons (Fsp3) is 0.320. The van der Waals surface area contributed by atoms with Crippen LogP contribution in [0.1, 0.15) is 36.9 Å². The van der Waals surface area contributed by atoms with Crippen LogP contribution < -0.4 is 9.47 Å². The summed E-state index contributed by atoms with van der Waals surface area (Å²) in [7, 11) is 1.63. The lowest BCUT2D eigenvalue weighted by Gasteiger charge is -2.33. The van der Waals surface area contributed by atoms with Gasteiger partial charge in [-0.1, -0.05) is 48.5 Å². The SMILES string of the molecule is CCOc1ccc(C(c2cccc3ccccc23)N2CCCC2C(=O)O)cc1OC. The summed E-state index contributed by atoms with van der Waals surface area (Å²) in [6, 6.07) is 19.7. The number of carboxylic acid groups (broad SMARTS) is 1. The van der Waals surface area contributed by atoms with E-state index in [0.717, 1.165) is 34.9 Å². The van der Waals surface area contributed by atoms with Crippen LogP contribution in [0.15, 0.2) is 60.7 Å². The van der Waals surface area contributed by atoms with Gasteiger partial charge in [-0.2, -0.15) is 0 Å². The maximum absolute atomic E-state index is 12.0. The van der Waals surface area contributed by atoms with Crippen molar-refractivity contribution in [1.29, 1.82) is 0 Å². The molecule has 4 rings (SSSR count). The number of rotatable bonds is 7. The monoisotopic (exact) mass is 405 g/mol. The molecule has 1 heterocycles. The molecule has 1 aliphatic heterocycles. The first-order chi connectivity index (χ1) is 14.6. The Morgan fingerprint density at radius 3 is 2.70 bits per heavy atom. The molecule has 5 heteroatoms. The van der Waals surface area contributed by atoms with Crippen LogP contribution in [0.25, 0.3) is 10.8 Å². The van der Waals surface area contributed by atoms with Crippen molar-refractivity contribution >= 4 is 16.7 Å². The summed E-state index contributed by atoms with van der Waals surface area (Å²) in [6.45, 7) is 3.23. The Morgan fingerprint density at radius 2 is 1.93 bits per heavy atom. The number of ether oxygens (including phenoxy) is 2. The van der Waals surface area contributed by atoms with Crippen LogP contribution in [0.4, 0.5) is 0 Å². The largest absolute Gasteiger partial charge is 0.493 e. The second-order valence-corrected chi connectivity index (χ2v) is 7.55. The van der Waals surface area contributed by atoms with Crippen LogP contribution in [-0.2, 0) is 4.79 Å². The average molecular weight is 405 g/mol. The normalized spacial score (nSPS) is 17.7. The molecular formula is C25H27NO4. The first kappa shape index (κ1) is 20.2. The highest BCUT2D eigenvalue weighted by Gasteiger charge is 2.37. The molecule has 156 valence electrons. The van der Waals surface area contributed by atoms with E-state index >= 15 is 0 Å². The van der Waals surface area contributed by atoms with E-state index in [0.29, 0.717) is 24.5 Å². The van der Waals surface area contributed by atoms with Gasteiger partial charge < -0.3 is 14.6 Å². The van der Waals surface area contributed by atoms with Gasteiger partial charge in [-0.3, -0.25) is 9.69 Å². The minimum Gasteiger partial charge on any atom is -0.493 e. The standard InChI is InChI=1S/C25H27NO4/c1-3-30-22-14-13-18(16-23(22)29-2)24(26-15-7-12-21(26)25(27)28)20-11-6-9-17-8-4-5-10-19(17)20/h4-6,8-11,13-14,16,21,24H,3,7,12,15H2,1-2H3,(H,27,28). The third-order valence-corrected chi connectivity index (χ3v) is 5.83. The molecule has 0 radical (unpaired) electrons. The lowest BCUT2D eigenvalue weighted by molar-refractivity contribution is -0.142. The zero-order chi connectivity index (χ0) is 21.1. The van der Waals surface area contributed by atoms with Gasteiger partial charge in [0.25, 0.3) is 0 Å². The van der Waals surface area contributed by atoms with Crippen molar-refractivity contribution < 1.29 is 19.4 Å². The molecule has 3 aromatic carbocycles. The van der Waals surface area contributed by atoms with Gasteiger partial charge in [0.15, 0.2) is 11.5 Å². The number of nitrogens with zero attached hydrogens (tertiary/aromatic N) is 1. The first-order valence-electron chi connectivity index (χ1n) is 10.4. The van der Waals surface area contributed by atoms with E-state index in [1.54, 1.807) is 7.11 Å². The topological polar surface area (TPSA) is 59.0 Å². The van der Waals surface area contributed by atoms with Crippen molar-refractivity contribution in [2.75, 3.05) is 20.3 Å². The van der Waals surface area contributed by atoms with Crippen molar-refractivity contribution in [3.63, 3.8) is 0 Å². The van der Waals surface area contributed by atoms with Crippen molar-refractivity contribution in [2.45, 2.75) is 31.8 Å². The number of hydrogen-bond acceptors (Lipinski definition) is 4. The Hall–Kier alpha value is -3.05. The quantitative estimate of drug-likeness (QED) is 0.607. The van der Waals surface area contributed by atoms with Crippen LogP contribution in [0, 0.1) is 0 Å². The summed E-state index contributed by atoms with van der Waals surface area (Å²) in [5, 5.41) is 12.1. The predicted octanol–water partition coefficient (Wildman–Crippen LogP) is 4.89. The van der Waals surface area contributed by atoms with E-state index in [1.165, 1.54) is 0 Å². The lowest BCUT2D eigenvalue weighted by Crippen LogP contribution is -2.39. The second-order valence-electron chi connectivity index (χ2n) is 7.55. The Kier molecular flexibility index (Phi) is 5.91. The molecule has 1 aliphatic rings. The number of likely N-dealkylation sites (tertiary alicyclic amines) is 1. The highest BCUT2D eigenvalue weighted by molar-refractivity contribution is 5.86. The number of fused-ring (bicyclic) bond motifs is 1. The summed E-state index contributed by atoms with van der Waals surface area (Å²) < 4.78 is 11.3. The smallest absolute Gasteiger partial charge is 0.320 e. The fourth-order valence-corrected chi connectivity index (χ4v) is 4.53. The Labute approximate surface area is 176 Å². The van der Waals surface area contributed by atoms with Gasteiger partial charge in [-0.25, -0.2) is 0 Å². The van der Waals surface area contributed by atoms with Crippen molar-refractivity contribution in [3.8, 4) is 11.5 Å². The van der Waals surface area contributed by atoms with E-state index in [9.17, 15) is 9.90 Å². The third kappa shape index (κ3) is 3.73. The molecule has 30 heavy (non-hydrogen) atoms. The van der Waals surface area contributed by atoms with Crippen molar-refractivity contribution in [3.05, 3.63) is 71.8 Å². The van der Waals surface area contributed by atoms with Gasteiger partial charge in [-0.15, -0.1) is 0 Å². The van der Waals surface area contributed by atoms with Crippen molar-refractivity contribution in [2.24, 2.45) is 0 Å². The zero-order valence-corrected chi connectivity index (χ0v) is 17.4. The number of carbonyl (C=O) groups is 1. The highest BCUT2D eigenvalue weighted by atomic mass is 16.5. The summed E-state index contributed by atoms with van der Waals surface area (Å²) in [5.74, 6) is 0.581. The predicted molar refractivity (Wildman–Crippen MR) is 117 cm³/mol. The maximum atomic E-state index is 12.0. The summed E-state index contributed by atoms with van der Waals surface area (Å²) in [5.41, 5.74) is 2.10. The van der Waals surface area contributed by atoms with Gasteiger partial charge in [-0.05, 0) is 53.8 Å². The first-order valence-corrected chi connectivity index (χ1v) is 10.4. The average Bonchev–Trinajstić information content (AvgIpc) is 3.25. The van der Waals surface area contributed by atoms with E-state index in [-0.39, 0.29) is 6.04 Å². The van der Waals surface area contributed by atoms with E-state index in [1.807, 2.05) is 43.3 Å². The number of carboxylic acids is 1. The molecule has 0 aliphatic carbocycles. The highest BCUT2D eigenvalue weighted by Crippen LogP contribution is 2.40. The van der Waals surface area contributed by atoms with Gasteiger partial charge >= 0.3 is 5.97 Å². The van der Waals surface area contributed by atoms with Gasteiger partial charge in [0.1, 0.15) is 6.04 Å². The number of aliphatic carboxylic acids is 1. The Balaban J connectivity index is 1.89. The molecule has 3 aromatic rings. The molecule has 2 unspecified atom stereocenters. The van der Waals surface area contributed by atoms with E-state index < -0.39 is 12.0 Å². The minimum absolute atomic E-state index is 0.190. The molecule has 1 N–H and O–H groups in total. The van der Waals surface area contributed by atoms with Crippen LogP contribution in [0.2, 0.25) is 0 Å².